The molecule has 2 heteroatoms. The van der Waals surface area contributed by atoms with Crippen molar-refractivity contribution in [2.45, 2.75) is 33.1 Å². The second-order valence-corrected chi connectivity index (χ2v) is 2.85. The van der Waals surface area contributed by atoms with Gasteiger partial charge in [0.05, 0.1) is 0 Å². The monoisotopic (exact) mass is 143 g/mol. The van der Waals surface area contributed by atoms with Crippen LogP contribution in [0.5, 0.6) is 0 Å². The number of rotatable bonds is 5. The van der Waals surface area contributed by atoms with Crippen LogP contribution in [-0.2, 0) is 0 Å². The normalized spacial score (nSPS) is 13.1. The Balaban J connectivity index is 3.37. The highest BCUT2D eigenvalue weighted by Crippen LogP contribution is 2.04. The molecule has 0 bridgehead atoms. The summed E-state index contributed by atoms with van der Waals surface area (Å²) in [6.07, 6.45) is 2.67. The largest absolute Gasteiger partial charge is 0.396 e. The van der Waals surface area contributed by atoms with E-state index in [0.29, 0.717) is 0 Å². The van der Waals surface area contributed by atoms with E-state index in [1.807, 2.05) is 6.92 Å². The summed E-state index contributed by atoms with van der Waals surface area (Å²) >= 11 is 0. The van der Waals surface area contributed by atoms with Crippen LogP contribution in [0, 0.1) is 11.3 Å². The highest BCUT2D eigenvalue weighted by Gasteiger charge is 2.02. The minimum absolute atomic E-state index is 0.200. The maximum absolute atomic E-state index is 8.66. The van der Waals surface area contributed by atoms with E-state index in [4.69, 9.17) is 10.5 Å². The first-order valence-electron chi connectivity index (χ1n) is 3.87. The quantitative estimate of drug-likeness (QED) is 0.566. The summed E-state index contributed by atoms with van der Waals surface area (Å²) in [6, 6.07) is 0. The number of hydrogen-bond acceptors (Lipinski definition) is 2. The first-order chi connectivity index (χ1) is 4.70. The van der Waals surface area contributed by atoms with Crippen LogP contribution in [0.25, 0.3) is 0 Å². The lowest BCUT2D eigenvalue weighted by Crippen LogP contribution is -2.07. The molecule has 0 radical (unpaired) electrons. The van der Waals surface area contributed by atoms with E-state index in [-0.39, 0.29) is 12.5 Å². The van der Waals surface area contributed by atoms with Crippen LogP contribution >= 0.6 is 0 Å². The van der Waals surface area contributed by atoms with Crippen molar-refractivity contribution in [3.63, 3.8) is 0 Å². The highest BCUT2D eigenvalue weighted by molar-refractivity contribution is 5.81. The van der Waals surface area contributed by atoms with Crippen molar-refractivity contribution in [2.75, 3.05) is 6.61 Å². The zero-order valence-electron chi connectivity index (χ0n) is 6.85. The van der Waals surface area contributed by atoms with E-state index < -0.39 is 0 Å². The minimum atomic E-state index is 0.200. The lowest BCUT2D eigenvalue weighted by molar-refractivity contribution is 0.241. The lowest BCUT2D eigenvalue weighted by Gasteiger charge is -2.06. The highest BCUT2D eigenvalue weighted by atomic mass is 16.3. The number of aliphatic hydroxyl groups is 1. The molecule has 0 saturated carbocycles. The second kappa shape index (κ2) is 5.42. The molecule has 0 aromatic rings. The van der Waals surface area contributed by atoms with Crippen LogP contribution in [0.3, 0.4) is 0 Å². The second-order valence-electron chi connectivity index (χ2n) is 2.85. The van der Waals surface area contributed by atoms with Crippen LogP contribution in [-0.4, -0.2) is 17.4 Å². The fraction of sp³-hybridized carbons (Fsp3) is 0.875. The molecule has 10 heavy (non-hydrogen) atoms. The molecular weight excluding hydrogens is 126 g/mol. The molecule has 0 aromatic carbocycles. The summed E-state index contributed by atoms with van der Waals surface area (Å²) in [5.41, 5.74) is 0.768. The molecular formula is C8H17NO. The van der Waals surface area contributed by atoms with Crippen molar-refractivity contribution in [2.24, 2.45) is 5.92 Å². The van der Waals surface area contributed by atoms with Gasteiger partial charge in [0.15, 0.2) is 0 Å². The summed E-state index contributed by atoms with van der Waals surface area (Å²) in [5, 5.41) is 16.1. The molecule has 0 saturated heterocycles. The van der Waals surface area contributed by atoms with Gasteiger partial charge in [-0.05, 0) is 18.8 Å². The Hall–Kier alpha value is -0.370. The Morgan fingerprint density at radius 1 is 1.60 bits per heavy atom. The Morgan fingerprint density at radius 2 is 2.20 bits per heavy atom. The van der Waals surface area contributed by atoms with Gasteiger partial charge in [0.1, 0.15) is 0 Å². The topological polar surface area (TPSA) is 44.1 Å². The van der Waals surface area contributed by atoms with Crippen molar-refractivity contribution >= 4 is 5.71 Å². The molecule has 0 aliphatic heterocycles. The molecule has 1 unspecified atom stereocenters. The van der Waals surface area contributed by atoms with E-state index in [9.17, 15) is 0 Å². The lowest BCUT2D eigenvalue weighted by atomic mass is 10.0. The fourth-order valence-corrected chi connectivity index (χ4v) is 0.889. The van der Waals surface area contributed by atoms with Crippen LogP contribution in [0.4, 0.5) is 0 Å². The van der Waals surface area contributed by atoms with Gasteiger partial charge in [-0.15, -0.1) is 0 Å². The third kappa shape index (κ3) is 4.50. The standard InChI is InChI=1S/C8H17NO/c1-3-4-8(9)5-7(2)6-10/h7,9-10H,3-6H2,1-2H3. The SMILES string of the molecule is CCCC(=N)CC(C)CO. The summed E-state index contributed by atoms with van der Waals surface area (Å²) in [7, 11) is 0. The van der Waals surface area contributed by atoms with Crippen molar-refractivity contribution in [1.82, 2.24) is 0 Å². The van der Waals surface area contributed by atoms with E-state index in [1.165, 1.54) is 0 Å². The zero-order chi connectivity index (χ0) is 7.98. The first kappa shape index (κ1) is 9.63. The third-order valence-corrected chi connectivity index (χ3v) is 1.46. The van der Waals surface area contributed by atoms with Gasteiger partial charge < -0.3 is 10.5 Å². The van der Waals surface area contributed by atoms with E-state index >= 15 is 0 Å². The van der Waals surface area contributed by atoms with Crippen molar-refractivity contribution in [1.29, 1.82) is 5.41 Å². The van der Waals surface area contributed by atoms with Crippen molar-refractivity contribution in [3.05, 3.63) is 0 Å². The van der Waals surface area contributed by atoms with Gasteiger partial charge in [0, 0.05) is 12.3 Å². The molecule has 1 atom stereocenters. The molecule has 2 nitrogen and oxygen atoms in total. The average molecular weight is 143 g/mol. The van der Waals surface area contributed by atoms with E-state index in [0.717, 1.165) is 25.0 Å². The van der Waals surface area contributed by atoms with Gasteiger partial charge in [-0.3, -0.25) is 0 Å². The predicted octanol–water partition coefficient (Wildman–Crippen LogP) is 1.82. The Kier molecular flexibility index (Phi) is 5.22. The maximum Gasteiger partial charge on any atom is 0.0460 e. The van der Waals surface area contributed by atoms with Crippen molar-refractivity contribution < 1.29 is 5.11 Å². The van der Waals surface area contributed by atoms with Crippen LogP contribution < -0.4 is 0 Å². The minimum Gasteiger partial charge on any atom is -0.396 e. The summed E-state index contributed by atoms with van der Waals surface area (Å²) < 4.78 is 0. The third-order valence-electron chi connectivity index (χ3n) is 1.46. The maximum atomic E-state index is 8.66. The number of aliphatic hydroxyl groups excluding tert-OH is 1. The van der Waals surface area contributed by atoms with Crippen LogP contribution in [0.1, 0.15) is 33.1 Å². The summed E-state index contributed by atoms with van der Waals surface area (Å²) in [6.45, 7) is 4.23. The average Bonchev–Trinajstić information content (AvgIpc) is 1.88. The van der Waals surface area contributed by atoms with Crippen LogP contribution in [0.2, 0.25) is 0 Å². The molecule has 0 rings (SSSR count). The molecule has 0 aliphatic rings. The van der Waals surface area contributed by atoms with Crippen LogP contribution in [0.15, 0.2) is 0 Å². The molecule has 0 spiro atoms. The Labute approximate surface area is 62.8 Å². The predicted molar refractivity (Wildman–Crippen MR) is 43.5 cm³/mol. The van der Waals surface area contributed by atoms with Gasteiger partial charge in [-0.2, -0.15) is 0 Å². The smallest absolute Gasteiger partial charge is 0.0460 e. The zero-order valence-corrected chi connectivity index (χ0v) is 6.85. The Bertz CT molecular complexity index is 101. The summed E-state index contributed by atoms with van der Waals surface area (Å²) in [5.74, 6) is 0.263. The van der Waals surface area contributed by atoms with Gasteiger partial charge in [0.2, 0.25) is 0 Å². The molecule has 60 valence electrons. The Morgan fingerprint density at radius 3 is 2.60 bits per heavy atom. The molecule has 2 N–H and O–H groups in total. The van der Waals surface area contributed by atoms with Gasteiger partial charge in [0.25, 0.3) is 0 Å². The molecule has 0 fully saturated rings. The summed E-state index contributed by atoms with van der Waals surface area (Å²) in [4.78, 5) is 0. The first-order valence-corrected chi connectivity index (χ1v) is 3.87. The van der Waals surface area contributed by atoms with Crippen molar-refractivity contribution in [3.8, 4) is 0 Å². The number of hydrogen-bond donors (Lipinski definition) is 2. The van der Waals surface area contributed by atoms with Gasteiger partial charge in [-0.25, -0.2) is 0 Å². The van der Waals surface area contributed by atoms with Gasteiger partial charge in [-0.1, -0.05) is 20.3 Å². The molecule has 0 amide bonds. The fourth-order valence-electron chi connectivity index (χ4n) is 0.889. The van der Waals surface area contributed by atoms with E-state index in [2.05, 4.69) is 6.92 Å². The molecule has 0 heterocycles. The van der Waals surface area contributed by atoms with Gasteiger partial charge >= 0.3 is 0 Å². The van der Waals surface area contributed by atoms with E-state index in [1.54, 1.807) is 0 Å². The number of nitrogens with one attached hydrogen (secondary N) is 1. The molecule has 0 aliphatic carbocycles. The molecule has 0 aromatic heterocycles.